The molecule has 0 fully saturated rings. The molecule has 29 heavy (non-hydrogen) atoms. The van der Waals surface area contributed by atoms with E-state index in [4.69, 9.17) is 9.47 Å². The van der Waals surface area contributed by atoms with Crippen LogP contribution in [0, 0.1) is 6.92 Å². The maximum absolute atomic E-state index is 13.0. The molecule has 6 heteroatoms. The van der Waals surface area contributed by atoms with E-state index in [2.05, 4.69) is 4.72 Å². The monoisotopic (exact) mass is 411 g/mol. The molecular formula is C23H25NO4S. The average Bonchev–Trinajstić information content (AvgIpc) is 2.69. The van der Waals surface area contributed by atoms with Crippen molar-refractivity contribution < 1.29 is 17.9 Å². The quantitative estimate of drug-likeness (QED) is 0.540. The van der Waals surface area contributed by atoms with Gasteiger partial charge in [0.15, 0.2) is 0 Å². The lowest BCUT2D eigenvalue weighted by Gasteiger charge is -2.17. The van der Waals surface area contributed by atoms with Gasteiger partial charge in [-0.25, -0.2) is 8.42 Å². The Balaban J connectivity index is 1.83. The maximum atomic E-state index is 13.0. The highest BCUT2D eigenvalue weighted by Gasteiger charge is 2.21. The minimum atomic E-state index is -3.74. The van der Waals surface area contributed by atoms with Crippen molar-refractivity contribution >= 4 is 15.7 Å². The van der Waals surface area contributed by atoms with Crippen LogP contribution in [-0.2, 0) is 10.0 Å². The maximum Gasteiger partial charge on any atom is 0.262 e. The first-order valence-corrected chi connectivity index (χ1v) is 10.8. The van der Waals surface area contributed by atoms with Crippen LogP contribution < -0.4 is 14.2 Å². The molecule has 3 aromatic rings. The van der Waals surface area contributed by atoms with Gasteiger partial charge in [-0.3, -0.25) is 4.72 Å². The van der Waals surface area contributed by atoms with Gasteiger partial charge in [-0.2, -0.15) is 0 Å². The number of nitrogens with one attached hydrogen (secondary N) is 1. The topological polar surface area (TPSA) is 64.6 Å². The van der Waals surface area contributed by atoms with Crippen molar-refractivity contribution in [3.05, 3.63) is 77.9 Å². The molecule has 3 aromatic carbocycles. The van der Waals surface area contributed by atoms with Crippen molar-refractivity contribution in [1.82, 2.24) is 0 Å². The normalized spacial score (nSPS) is 11.3. The van der Waals surface area contributed by atoms with Crippen LogP contribution in [0.15, 0.2) is 71.6 Å². The molecule has 0 unspecified atom stereocenters. The third kappa shape index (κ3) is 4.90. The minimum Gasteiger partial charge on any atom is -0.496 e. The smallest absolute Gasteiger partial charge is 0.262 e. The van der Waals surface area contributed by atoms with Gasteiger partial charge in [-0.1, -0.05) is 32.0 Å². The molecule has 3 rings (SSSR count). The summed E-state index contributed by atoms with van der Waals surface area (Å²) in [6.07, 6.45) is 0. The Kier molecular flexibility index (Phi) is 6.13. The van der Waals surface area contributed by atoms with Crippen LogP contribution in [0.25, 0.3) is 0 Å². The molecule has 0 aliphatic heterocycles. The fourth-order valence-corrected chi connectivity index (χ4v) is 4.34. The minimum absolute atomic E-state index is 0.133. The molecule has 0 aliphatic carbocycles. The average molecular weight is 412 g/mol. The number of methoxy groups -OCH3 is 1. The summed E-state index contributed by atoms with van der Waals surface area (Å²) >= 11 is 0. The summed E-state index contributed by atoms with van der Waals surface area (Å²) in [4.78, 5) is 0.242. The van der Waals surface area contributed by atoms with Crippen LogP contribution in [0.3, 0.4) is 0 Å². The van der Waals surface area contributed by atoms with E-state index in [-0.39, 0.29) is 10.8 Å². The number of anilines is 1. The second kappa shape index (κ2) is 8.57. The fourth-order valence-electron chi connectivity index (χ4n) is 3.02. The molecule has 0 aromatic heterocycles. The Morgan fingerprint density at radius 1 is 0.897 bits per heavy atom. The number of benzene rings is 3. The predicted octanol–water partition coefficient (Wildman–Crippen LogP) is 5.72. The summed E-state index contributed by atoms with van der Waals surface area (Å²) in [6, 6.07) is 19.7. The van der Waals surface area contributed by atoms with E-state index in [9.17, 15) is 8.42 Å². The number of aryl methyl sites for hydroxylation is 1. The highest BCUT2D eigenvalue weighted by molar-refractivity contribution is 7.92. The van der Waals surface area contributed by atoms with E-state index in [0.29, 0.717) is 22.7 Å². The van der Waals surface area contributed by atoms with Gasteiger partial charge in [0.1, 0.15) is 17.2 Å². The molecule has 1 N–H and O–H groups in total. The van der Waals surface area contributed by atoms with Crippen molar-refractivity contribution in [2.45, 2.75) is 31.6 Å². The lowest BCUT2D eigenvalue weighted by atomic mass is 10.0. The molecule has 0 saturated carbocycles. The Hall–Kier alpha value is -2.99. The molecule has 0 spiro atoms. The van der Waals surface area contributed by atoms with E-state index in [1.807, 2.05) is 44.2 Å². The van der Waals surface area contributed by atoms with Crippen molar-refractivity contribution in [3.63, 3.8) is 0 Å². The van der Waals surface area contributed by atoms with Gasteiger partial charge in [0, 0.05) is 5.69 Å². The molecule has 0 aliphatic rings. The van der Waals surface area contributed by atoms with Crippen LogP contribution in [0.2, 0.25) is 0 Å². The van der Waals surface area contributed by atoms with Crippen LogP contribution in [0.4, 0.5) is 5.69 Å². The van der Waals surface area contributed by atoms with Gasteiger partial charge < -0.3 is 9.47 Å². The SMILES string of the molecule is COc1cc(C)c(S(=O)(=O)Nc2ccc(Oc3ccccc3)cc2)cc1C(C)C. The van der Waals surface area contributed by atoms with Gasteiger partial charge in [0.05, 0.1) is 12.0 Å². The van der Waals surface area contributed by atoms with E-state index in [0.717, 1.165) is 11.3 Å². The summed E-state index contributed by atoms with van der Waals surface area (Å²) < 4.78 is 39.8. The zero-order valence-corrected chi connectivity index (χ0v) is 17.8. The summed E-state index contributed by atoms with van der Waals surface area (Å²) in [5, 5.41) is 0. The first-order chi connectivity index (χ1) is 13.8. The lowest BCUT2D eigenvalue weighted by molar-refractivity contribution is 0.406. The predicted molar refractivity (Wildman–Crippen MR) is 116 cm³/mol. The van der Waals surface area contributed by atoms with Crippen LogP contribution in [-0.4, -0.2) is 15.5 Å². The second-order valence-electron chi connectivity index (χ2n) is 7.06. The number of para-hydroxylation sites is 1. The molecule has 0 amide bonds. The first kappa shape index (κ1) is 20.7. The highest BCUT2D eigenvalue weighted by atomic mass is 32.2. The van der Waals surface area contributed by atoms with Crippen LogP contribution in [0.1, 0.15) is 30.9 Å². The number of ether oxygens (including phenoxy) is 2. The van der Waals surface area contributed by atoms with Crippen molar-refractivity contribution in [2.75, 3.05) is 11.8 Å². The van der Waals surface area contributed by atoms with Gasteiger partial charge in [-0.05, 0) is 72.5 Å². The molecule has 0 bridgehead atoms. The largest absolute Gasteiger partial charge is 0.496 e. The lowest BCUT2D eigenvalue weighted by Crippen LogP contribution is -2.15. The Morgan fingerprint density at radius 2 is 1.52 bits per heavy atom. The van der Waals surface area contributed by atoms with E-state index < -0.39 is 10.0 Å². The number of hydrogen-bond donors (Lipinski definition) is 1. The summed E-state index contributed by atoms with van der Waals surface area (Å²) in [5.41, 5.74) is 1.94. The standard InChI is InChI=1S/C23H25NO4S/c1-16(2)21-15-23(17(3)14-22(21)27-4)29(25,26)24-18-10-12-20(13-11-18)28-19-8-6-5-7-9-19/h5-16,24H,1-4H3. The zero-order valence-electron chi connectivity index (χ0n) is 17.0. The molecule has 0 heterocycles. The third-order valence-corrected chi connectivity index (χ3v) is 6.05. The number of hydrogen-bond acceptors (Lipinski definition) is 4. The number of sulfonamides is 1. The number of rotatable bonds is 7. The van der Waals surface area contributed by atoms with Gasteiger partial charge in [0.25, 0.3) is 10.0 Å². The highest BCUT2D eigenvalue weighted by Crippen LogP contribution is 2.32. The van der Waals surface area contributed by atoms with Crippen molar-refractivity contribution in [1.29, 1.82) is 0 Å². The van der Waals surface area contributed by atoms with Gasteiger partial charge in [0.2, 0.25) is 0 Å². The molecule has 0 radical (unpaired) electrons. The Bertz CT molecular complexity index is 1080. The van der Waals surface area contributed by atoms with Crippen LogP contribution >= 0.6 is 0 Å². The summed E-state index contributed by atoms with van der Waals surface area (Å²) in [6.45, 7) is 5.77. The van der Waals surface area contributed by atoms with Gasteiger partial charge in [-0.15, -0.1) is 0 Å². The van der Waals surface area contributed by atoms with Gasteiger partial charge >= 0.3 is 0 Å². The Morgan fingerprint density at radius 3 is 2.10 bits per heavy atom. The van der Waals surface area contributed by atoms with Crippen molar-refractivity contribution in [3.8, 4) is 17.2 Å². The molecule has 0 atom stereocenters. The van der Waals surface area contributed by atoms with Crippen molar-refractivity contribution in [2.24, 2.45) is 0 Å². The molecule has 5 nitrogen and oxygen atoms in total. The Labute approximate surface area is 172 Å². The van der Waals surface area contributed by atoms with Crippen LogP contribution in [0.5, 0.6) is 17.2 Å². The molecule has 0 saturated heterocycles. The fraction of sp³-hybridized carbons (Fsp3) is 0.217. The summed E-state index contributed by atoms with van der Waals surface area (Å²) in [7, 11) is -2.15. The zero-order chi connectivity index (χ0) is 21.0. The third-order valence-electron chi connectivity index (χ3n) is 4.52. The second-order valence-corrected chi connectivity index (χ2v) is 8.71. The first-order valence-electron chi connectivity index (χ1n) is 9.34. The van der Waals surface area contributed by atoms with E-state index >= 15 is 0 Å². The van der Waals surface area contributed by atoms with E-state index in [1.165, 1.54) is 0 Å². The molecular weight excluding hydrogens is 386 g/mol. The molecule has 152 valence electrons. The van der Waals surface area contributed by atoms with E-state index in [1.54, 1.807) is 50.4 Å². The summed E-state index contributed by atoms with van der Waals surface area (Å²) in [5.74, 6) is 2.17.